The van der Waals surface area contributed by atoms with Crippen molar-refractivity contribution < 1.29 is 18.3 Å². The van der Waals surface area contributed by atoms with E-state index >= 15 is 0 Å². The lowest BCUT2D eigenvalue weighted by atomic mass is 10.1. The number of rotatable bonds is 6. The number of aliphatic carboxylic acids is 1. The van der Waals surface area contributed by atoms with Gasteiger partial charge in [0.15, 0.2) is 0 Å². The third-order valence-corrected chi connectivity index (χ3v) is 5.81. The van der Waals surface area contributed by atoms with Gasteiger partial charge in [-0.25, -0.2) is 8.42 Å². The fraction of sp³-hybridized carbons (Fsp3) is 0.188. The Bertz CT molecular complexity index is 820. The average Bonchev–Trinajstić information content (AvgIpc) is 2.51. The van der Waals surface area contributed by atoms with Crippen LogP contribution >= 0.6 is 23.2 Å². The Labute approximate surface area is 150 Å². The molecule has 0 aromatic heterocycles. The van der Waals surface area contributed by atoms with E-state index in [9.17, 15) is 18.3 Å². The maximum atomic E-state index is 12.6. The smallest absolute Gasteiger partial charge is 0.322 e. The quantitative estimate of drug-likeness (QED) is 0.824. The molecule has 0 saturated carbocycles. The molecule has 0 heterocycles. The van der Waals surface area contributed by atoms with Crippen LogP contribution in [0.4, 0.5) is 0 Å². The van der Waals surface area contributed by atoms with E-state index in [1.807, 2.05) is 0 Å². The van der Waals surface area contributed by atoms with Crippen molar-refractivity contribution in [3.05, 3.63) is 64.1 Å². The molecule has 0 fully saturated rings. The van der Waals surface area contributed by atoms with E-state index in [-0.39, 0.29) is 11.3 Å². The fourth-order valence-electron chi connectivity index (χ4n) is 2.25. The molecule has 0 amide bonds. The monoisotopic (exact) mass is 387 g/mol. The van der Waals surface area contributed by atoms with Crippen LogP contribution in [0.2, 0.25) is 10.0 Å². The summed E-state index contributed by atoms with van der Waals surface area (Å²) in [6, 6.07) is 11.0. The summed E-state index contributed by atoms with van der Waals surface area (Å²) >= 11 is 11.8. The van der Waals surface area contributed by atoms with Crippen molar-refractivity contribution in [1.82, 2.24) is 4.31 Å². The zero-order valence-corrected chi connectivity index (χ0v) is 15.0. The summed E-state index contributed by atoms with van der Waals surface area (Å²) in [5.74, 6) is -1.26. The van der Waals surface area contributed by atoms with Gasteiger partial charge >= 0.3 is 5.97 Å². The third kappa shape index (κ3) is 4.27. The van der Waals surface area contributed by atoms with Gasteiger partial charge in [0, 0.05) is 17.1 Å². The lowest BCUT2D eigenvalue weighted by Gasteiger charge is -2.24. The second-order valence-electron chi connectivity index (χ2n) is 5.17. The molecule has 1 N–H and O–H groups in total. The molecule has 0 saturated heterocycles. The van der Waals surface area contributed by atoms with Crippen molar-refractivity contribution >= 4 is 39.2 Å². The van der Waals surface area contributed by atoms with Crippen LogP contribution in [0.25, 0.3) is 0 Å². The summed E-state index contributed by atoms with van der Waals surface area (Å²) in [5, 5.41) is 10.2. The maximum absolute atomic E-state index is 12.6. The van der Waals surface area contributed by atoms with E-state index in [0.717, 1.165) is 4.31 Å². The highest BCUT2D eigenvalue weighted by Crippen LogP contribution is 2.23. The molecule has 0 spiro atoms. The number of sulfonamides is 1. The summed E-state index contributed by atoms with van der Waals surface area (Å²) in [6.07, 6.45) is -0.0574. The van der Waals surface area contributed by atoms with Crippen LogP contribution in [0.3, 0.4) is 0 Å². The number of benzene rings is 2. The van der Waals surface area contributed by atoms with Crippen molar-refractivity contribution in [3.63, 3.8) is 0 Å². The molecule has 2 aromatic carbocycles. The number of halogens is 2. The van der Waals surface area contributed by atoms with E-state index < -0.39 is 22.0 Å². The Hall–Kier alpha value is -1.60. The molecule has 2 aromatic rings. The first-order valence-corrected chi connectivity index (χ1v) is 9.12. The van der Waals surface area contributed by atoms with Gasteiger partial charge in [0.1, 0.15) is 6.04 Å². The normalized spacial score (nSPS) is 13.0. The number of carboxylic acids is 1. The Kier molecular flexibility index (Phi) is 5.87. The predicted molar refractivity (Wildman–Crippen MR) is 93.0 cm³/mol. The van der Waals surface area contributed by atoms with E-state index in [1.165, 1.54) is 25.2 Å². The number of nitrogens with zero attached hydrogens (tertiary/aromatic N) is 1. The summed E-state index contributed by atoms with van der Waals surface area (Å²) < 4.78 is 26.1. The van der Waals surface area contributed by atoms with Gasteiger partial charge in [-0.05, 0) is 42.3 Å². The van der Waals surface area contributed by atoms with Crippen molar-refractivity contribution in [2.24, 2.45) is 0 Å². The summed E-state index contributed by atoms with van der Waals surface area (Å²) in [6.45, 7) is 0. The minimum Gasteiger partial charge on any atom is -0.480 e. The number of likely N-dealkylation sites (N-methyl/N-ethyl adjacent to an activating group) is 1. The Morgan fingerprint density at radius 3 is 2.17 bits per heavy atom. The van der Waals surface area contributed by atoms with Gasteiger partial charge < -0.3 is 5.11 Å². The molecule has 128 valence electrons. The molecule has 0 radical (unpaired) electrons. The molecule has 24 heavy (non-hydrogen) atoms. The standard InChI is InChI=1S/C16H15Cl2NO4S/c1-19(24(22,23)14-5-3-2-4-6-14)15(16(20)21)9-11-7-12(17)10-13(18)8-11/h2-8,10,15H,9H2,1H3,(H,20,21)/t15-/m0/s1. The zero-order chi connectivity index (χ0) is 17.9. The highest BCUT2D eigenvalue weighted by atomic mass is 35.5. The summed E-state index contributed by atoms with van der Waals surface area (Å²) in [4.78, 5) is 11.7. The average molecular weight is 388 g/mol. The molecular weight excluding hydrogens is 373 g/mol. The Morgan fingerprint density at radius 1 is 1.12 bits per heavy atom. The van der Waals surface area contributed by atoms with Crippen molar-refractivity contribution in [2.45, 2.75) is 17.4 Å². The lowest BCUT2D eigenvalue weighted by Crippen LogP contribution is -2.43. The van der Waals surface area contributed by atoms with Gasteiger partial charge in [0.05, 0.1) is 4.90 Å². The van der Waals surface area contributed by atoms with E-state index in [2.05, 4.69) is 0 Å². The highest BCUT2D eigenvalue weighted by molar-refractivity contribution is 7.89. The molecule has 1 atom stereocenters. The second-order valence-corrected chi connectivity index (χ2v) is 8.04. The van der Waals surface area contributed by atoms with Crippen LogP contribution in [-0.4, -0.2) is 36.9 Å². The number of carboxylic acid groups (broad SMARTS) is 1. The van der Waals surface area contributed by atoms with Gasteiger partial charge in [-0.1, -0.05) is 41.4 Å². The van der Waals surface area contributed by atoms with Crippen LogP contribution in [0.15, 0.2) is 53.4 Å². The topological polar surface area (TPSA) is 74.7 Å². The van der Waals surface area contributed by atoms with Crippen LogP contribution < -0.4 is 0 Å². The molecule has 0 bridgehead atoms. The second kappa shape index (κ2) is 7.53. The molecule has 0 aliphatic heterocycles. The number of hydrogen-bond donors (Lipinski definition) is 1. The Morgan fingerprint density at radius 2 is 1.67 bits per heavy atom. The van der Waals surface area contributed by atoms with Crippen LogP contribution in [0.5, 0.6) is 0 Å². The maximum Gasteiger partial charge on any atom is 0.322 e. The van der Waals surface area contributed by atoms with Crippen molar-refractivity contribution in [3.8, 4) is 0 Å². The largest absolute Gasteiger partial charge is 0.480 e. The molecule has 5 nitrogen and oxygen atoms in total. The van der Waals surface area contributed by atoms with Crippen LogP contribution in [-0.2, 0) is 21.2 Å². The number of carbonyl (C=O) groups is 1. The van der Waals surface area contributed by atoms with Crippen molar-refractivity contribution in [2.75, 3.05) is 7.05 Å². The molecule has 0 aliphatic carbocycles. The minimum atomic E-state index is -3.94. The minimum absolute atomic E-state index is 0.0304. The predicted octanol–water partition coefficient (Wildman–Crippen LogP) is 3.31. The summed E-state index contributed by atoms with van der Waals surface area (Å²) in [7, 11) is -2.69. The number of hydrogen-bond acceptors (Lipinski definition) is 3. The van der Waals surface area contributed by atoms with Gasteiger partial charge in [0.25, 0.3) is 0 Å². The molecule has 0 aliphatic rings. The molecule has 2 rings (SSSR count). The Balaban J connectivity index is 2.35. The van der Waals surface area contributed by atoms with Crippen LogP contribution in [0.1, 0.15) is 5.56 Å². The van der Waals surface area contributed by atoms with Gasteiger partial charge in [-0.3, -0.25) is 4.79 Å². The highest BCUT2D eigenvalue weighted by Gasteiger charge is 2.33. The third-order valence-electron chi connectivity index (χ3n) is 3.50. The molecule has 8 heteroatoms. The lowest BCUT2D eigenvalue weighted by molar-refractivity contribution is -0.141. The zero-order valence-electron chi connectivity index (χ0n) is 12.7. The van der Waals surface area contributed by atoms with Crippen molar-refractivity contribution in [1.29, 1.82) is 0 Å². The first kappa shape index (κ1) is 18.7. The van der Waals surface area contributed by atoms with Gasteiger partial charge in [-0.2, -0.15) is 4.31 Å². The fourth-order valence-corrected chi connectivity index (χ4v) is 4.15. The van der Waals surface area contributed by atoms with E-state index in [4.69, 9.17) is 23.2 Å². The van der Waals surface area contributed by atoms with E-state index in [0.29, 0.717) is 15.6 Å². The van der Waals surface area contributed by atoms with E-state index in [1.54, 1.807) is 30.3 Å². The first-order valence-electron chi connectivity index (χ1n) is 6.92. The van der Waals surface area contributed by atoms with Crippen LogP contribution in [0, 0.1) is 0 Å². The SMILES string of the molecule is CN([C@@H](Cc1cc(Cl)cc(Cl)c1)C(=O)O)S(=O)(=O)c1ccccc1. The van der Waals surface area contributed by atoms with Gasteiger partial charge in [0.2, 0.25) is 10.0 Å². The first-order chi connectivity index (χ1) is 11.2. The van der Waals surface area contributed by atoms with Gasteiger partial charge in [-0.15, -0.1) is 0 Å². The summed E-state index contributed by atoms with van der Waals surface area (Å²) in [5.41, 5.74) is 0.537. The molecular formula is C16H15Cl2NO4S. The molecule has 0 unspecified atom stereocenters.